The molecule has 0 aliphatic heterocycles. The maximum absolute atomic E-state index is 10.6. The molecule has 1 aromatic rings. The maximum atomic E-state index is 10.6. The van der Waals surface area contributed by atoms with Crippen molar-refractivity contribution in [3.63, 3.8) is 0 Å². The highest BCUT2D eigenvalue weighted by atomic mass is 35.5. The third kappa shape index (κ3) is 3.43. The molecule has 0 aromatic heterocycles. The van der Waals surface area contributed by atoms with Crippen molar-refractivity contribution >= 4 is 11.6 Å². The Hall–Kier alpha value is -0.730. The van der Waals surface area contributed by atoms with Gasteiger partial charge < -0.3 is 9.84 Å². The first kappa shape index (κ1) is 14.7. The standard InChI is InChI=1S/C16H23ClO2/c1-16(8-4-3-5-9-16)15(18)11-12-10-13(17)6-7-14(12)19-2/h6-7,10,15,18H,3-5,8-9,11H2,1-2H3. The van der Waals surface area contributed by atoms with E-state index in [-0.39, 0.29) is 11.5 Å². The van der Waals surface area contributed by atoms with E-state index in [0.29, 0.717) is 11.4 Å². The molecule has 19 heavy (non-hydrogen) atoms. The molecule has 1 aliphatic carbocycles. The lowest BCUT2D eigenvalue weighted by Crippen LogP contribution is -2.35. The second-order valence-electron chi connectivity index (χ2n) is 5.89. The molecule has 0 saturated heterocycles. The van der Waals surface area contributed by atoms with Gasteiger partial charge in [-0.15, -0.1) is 0 Å². The summed E-state index contributed by atoms with van der Waals surface area (Å²) in [4.78, 5) is 0. The van der Waals surface area contributed by atoms with Crippen molar-refractivity contribution in [2.75, 3.05) is 7.11 Å². The number of rotatable bonds is 4. The molecule has 0 amide bonds. The Kier molecular flexibility index (Phi) is 4.75. The van der Waals surface area contributed by atoms with Crippen LogP contribution in [-0.2, 0) is 6.42 Å². The number of halogens is 1. The molecule has 0 heterocycles. The topological polar surface area (TPSA) is 29.5 Å². The first-order valence-corrected chi connectivity index (χ1v) is 7.43. The van der Waals surface area contributed by atoms with E-state index in [1.165, 1.54) is 19.3 Å². The number of hydrogen-bond donors (Lipinski definition) is 1. The van der Waals surface area contributed by atoms with Gasteiger partial charge in [-0.05, 0) is 42.0 Å². The SMILES string of the molecule is COc1ccc(Cl)cc1CC(O)C1(C)CCCCC1. The molecule has 1 saturated carbocycles. The van der Waals surface area contributed by atoms with Crippen molar-refractivity contribution in [3.05, 3.63) is 28.8 Å². The molecule has 1 fully saturated rings. The Labute approximate surface area is 120 Å². The minimum Gasteiger partial charge on any atom is -0.496 e. The number of aliphatic hydroxyl groups is 1. The van der Waals surface area contributed by atoms with Crippen LogP contribution < -0.4 is 4.74 Å². The van der Waals surface area contributed by atoms with E-state index in [4.69, 9.17) is 16.3 Å². The third-order valence-electron chi connectivity index (χ3n) is 4.46. The van der Waals surface area contributed by atoms with Gasteiger partial charge in [0.2, 0.25) is 0 Å². The summed E-state index contributed by atoms with van der Waals surface area (Å²) in [6, 6.07) is 5.59. The van der Waals surface area contributed by atoms with Crippen LogP contribution in [0.25, 0.3) is 0 Å². The van der Waals surface area contributed by atoms with Crippen molar-refractivity contribution < 1.29 is 9.84 Å². The van der Waals surface area contributed by atoms with Gasteiger partial charge >= 0.3 is 0 Å². The molecular formula is C16H23ClO2. The summed E-state index contributed by atoms with van der Waals surface area (Å²) in [7, 11) is 1.65. The molecule has 2 rings (SSSR count). The highest BCUT2D eigenvalue weighted by Gasteiger charge is 2.34. The zero-order valence-corrected chi connectivity index (χ0v) is 12.5. The Morgan fingerprint density at radius 3 is 2.63 bits per heavy atom. The predicted molar refractivity (Wildman–Crippen MR) is 78.9 cm³/mol. The van der Waals surface area contributed by atoms with Gasteiger partial charge in [-0.25, -0.2) is 0 Å². The van der Waals surface area contributed by atoms with Crippen molar-refractivity contribution in [2.45, 2.75) is 51.6 Å². The number of benzene rings is 1. The van der Waals surface area contributed by atoms with E-state index in [9.17, 15) is 5.11 Å². The lowest BCUT2D eigenvalue weighted by molar-refractivity contribution is 0.0101. The summed E-state index contributed by atoms with van der Waals surface area (Å²) in [5.41, 5.74) is 1.03. The van der Waals surface area contributed by atoms with Crippen molar-refractivity contribution in [1.29, 1.82) is 0 Å². The van der Waals surface area contributed by atoms with E-state index in [1.807, 2.05) is 18.2 Å². The minimum atomic E-state index is -0.333. The van der Waals surface area contributed by atoms with Crippen molar-refractivity contribution in [3.8, 4) is 5.75 Å². The average molecular weight is 283 g/mol. The van der Waals surface area contributed by atoms with Crippen LogP contribution in [0.15, 0.2) is 18.2 Å². The largest absolute Gasteiger partial charge is 0.496 e. The Morgan fingerprint density at radius 1 is 1.32 bits per heavy atom. The fraction of sp³-hybridized carbons (Fsp3) is 0.625. The Morgan fingerprint density at radius 2 is 2.00 bits per heavy atom. The molecule has 0 spiro atoms. The number of methoxy groups -OCH3 is 1. The van der Waals surface area contributed by atoms with Crippen LogP contribution in [0, 0.1) is 5.41 Å². The summed E-state index contributed by atoms with van der Waals surface area (Å²) >= 11 is 6.04. The lowest BCUT2D eigenvalue weighted by atomic mass is 9.70. The molecular weight excluding hydrogens is 260 g/mol. The first-order chi connectivity index (χ1) is 9.05. The van der Waals surface area contributed by atoms with E-state index in [1.54, 1.807) is 7.11 Å². The maximum Gasteiger partial charge on any atom is 0.122 e. The monoisotopic (exact) mass is 282 g/mol. The molecule has 3 heteroatoms. The van der Waals surface area contributed by atoms with Gasteiger partial charge in [-0.3, -0.25) is 0 Å². The smallest absolute Gasteiger partial charge is 0.122 e. The highest BCUT2D eigenvalue weighted by molar-refractivity contribution is 6.30. The van der Waals surface area contributed by atoms with E-state index < -0.39 is 0 Å². The number of aliphatic hydroxyl groups excluding tert-OH is 1. The van der Waals surface area contributed by atoms with Crippen LogP contribution in [0.3, 0.4) is 0 Å². The summed E-state index contributed by atoms with van der Waals surface area (Å²) in [5.74, 6) is 0.808. The van der Waals surface area contributed by atoms with E-state index in [2.05, 4.69) is 6.92 Å². The van der Waals surface area contributed by atoms with Crippen molar-refractivity contribution in [1.82, 2.24) is 0 Å². The average Bonchev–Trinajstić information content (AvgIpc) is 2.40. The molecule has 0 radical (unpaired) electrons. The van der Waals surface area contributed by atoms with E-state index >= 15 is 0 Å². The fourth-order valence-corrected chi connectivity index (χ4v) is 3.25. The molecule has 1 aromatic carbocycles. The molecule has 106 valence electrons. The van der Waals surface area contributed by atoms with E-state index in [0.717, 1.165) is 24.2 Å². The zero-order valence-electron chi connectivity index (χ0n) is 11.8. The summed E-state index contributed by atoms with van der Waals surface area (Å²) in [6.07, 6.45) is 6.23. The van der Waals surface area contributed by atoms with Crippen LogP contribution in [0.5, 0.6) is 5.75 Å². The summed E-state index contributed by atoms with van der Waals surface area (Å²) in [5, 5.41) is 11.3. The summed E-state index contributed by atoms with van der Waals surface area (Å²) < 4.78 is 5.35. The Balaban J connectivity index is 2.13. The van der Waals surface area contributed by atoms with Gasteiger partial charge in [0.25, 0.3) is 0 Å². The number of hydrogen-bond acceptors (Lipinski definition) is 2. The van der Waals surface area contributed by atoms with Gasteiger partial charge in [0.1, 0.15) is 5.75 Å². The van der Waals surface area contributed by atoms with Crippen LogP contribution in [0.2, 0.25) is 5.02 Å². The summed E-state index contributed by atoms with van der Waals surface area (Å²) in [6.45, 7) is 2.20. The second kappa shape index (κ2) is 6.15. The Bertz CT molecular complexity index is 425. The minimum absolute atomic E-state index is 0.0333. The van der Waals surface area contributed by atoms with Gasteiger partial charge in [0.05, 0.1) is 13.2 Å². The van der Waals surface area contributed by atoms with Gasteiger partial charge in [0.15, 0.2) is 0 Å². The molecule has 2 nitrogen and oxygen atoms in total. The first-order valence-electron chi connectivity index (χ1n) is 7.06. The highest BCUT2D eigenvalue weighted by Crippen LogP contribution is 2.40. The lowest BCUT2D eigenvalue weighted by Gasteiger charge is -2.38. The second-order valence-corrected chi connectivity index (χ2v) is 6.33. The quantitative estimate of drug-likeness (QED) is 0.896. The van der Waals surface area contributed by atoms with Crippen LogP contribution in [-0.4, -0.2) is 18.3 Å². The molecule has 1 unspecified atom stereocenters. The van der Waals surface area contributed by atoms with Gasteiger partial charge in [-0.2, -0.15) is 0 Å². The van der Waals surface area contributed by atoms with Gasteiger partial charge in [0, 0.05) is 11.4 Å². The zero-order chi connectivity index (χ0) is 13.9. The molecule has 1 aliphatic rings. The fourth-order valence-electron chi connectivity index (χ4n) is 3.05. The van der Waals surface area contributed by atoms with Gasteiger partial charge in [-0.1, -0.05) is 37.8 Å². The normalized spacial score (nSPS) is 20.0. The molecule has 1 atom stereocenters. The van der Waals surface area contributed by atoms with Crippen molar-refractivity contribution in [2.24, 2.45) is 5.41 Å². The number of ether oxygens (including phenoxy) is 1. The third-order valence-corrected chi connectivity index (χ3v) is 4.69. The van der Waals surface area contributed by atoms with Crippen LogP contribution >= 0.6 is 11.6 Å². The van der Waals surface area contributed by atoms with Crippen LogP contribution in [0.4, 0.5) is 0 Å². The molecule has 0 bridgehead atoms. The predicted octanol–water partition coefficient (Wildman–Crippen LogP) is 4.22. The van der Waals surface area contributed by atoms with Crippen LogP contribution in [0.1, 0.15) is 44.6 Å². The molecule has 1 N–H and O–H groups in total.